The fourth-order valence-corrected chi connectivity index (χ4v) is 5.21. The number of rotatable bonds is 4. The Morgan fingerprint density at radius 3 is 2.59 bits per heavy atom. The molecule has 0 unspecified atom stereocenters. The van der Waals surface area contributed by atoms with Gasteiger partial charge in [-0.3, -0.25) is 4.79 Å². The van der Waals surface area contributed by atoms with Gasteiger partial charge in [-0.1, -0.05) is 6.07 Å². The molecule has 2 aromatic rings. The van der Waals surface area contributed by atoms with Crippen LogP contribution in [0.3, 0.4) is 0 Å². The number of aliphatic hydroxyl groups excluding tert-OH is 1. The molecule has 154 valence electrons. The molecule has 1 saturated carbocycles. The van der Waals surface area contributed by atoms with E-state index in [9.17, 15) is 14.7 Å². The topological polar surface area (TPSA) is 76.1 Å². The van der Waals surface area contributed by atoms with Crippen LogP contribution in [0, 0.1) is 18.8 Å². The van der Waals surface area contributed by atoms with E-state index in [2.05, 4.69) is 0 Å². The normalized spacial score (nSPS) is 26.1. The van der Waals surface area contributed by atoms with Crippen molar-refractivity contribution in [2.75, 3.05) is 20.2 Å². The number of esters is 1. The van der Waals surface area contributed by atoms with Crippen LogP contribution in [0.25, 0.3) is 0 Å². The first-order chi connectivity index (χ1) is 13.9. The summed E-state index contributed by atoms with van der Waals surface area (Å²) in [5.74, 6) is 0.785. The molecule has 1 aliphatic carbocycles. The van der Waals surface area contributed by atoms with Gasteiger partial charge in [0.2, 0.25) is 0 Å². The second-order valence-electron chi connectivity index (χ2n) is 7.86. The predicted octanol–water partition coefficient (Wildman–Crippen LogP) is 3.13. The maximum atomic E-state index is 12.8. The summed E-state index contributed by atoms with van der Waals surface area (Å²) >= 11 is 1.52. The molecule has 0 bridgehead atoms. The Labute approximate surface area is 174 Å². The van der Waals surface area contributed by atoms with Crippen molar-refractivity contribution in [3.05, 3.63) is 51.7 Å². The molecule has 0 spiro atoms. The van der Waals surface area contributed by atoms with Crippen LogP contribution in [-0.2, 0) is 4.74 Å². The Morgan fingerprint density at radius 2 is 1.90 bits per heavy atom. The highest BCUT2D eigenvalue weighted by molar-refractivity contribution is 7.13. The summed E-state index contributed by atoms with van der Waals surface area (Å²) in [4.78, 5) is 28.3. The van der Waals surface area contributed by atoms with Crippen molar-refractivity contribution < 1.29 is 24.2 Å². The summed E-state index contributed by atoms with van der Waals surface area (Å²) < 4.78 is 10.8. The minimum absolute atomic E-state index is 0.0789. The number of benzene rings is 1. The molecular formula is C22H25NO5S. The predicted molar refractivity (Wildman–Crippen MR) is 109 cm³/mol. The Bertz CT molecular complexity index is 910. The molecule has 1 amide bonds. The number of likely N-dealkylation sites (tertiary alicyclic amines) is 1. The van der Waals surface area contributed by atoms with Crippen molar-refractivity contribution in [1.82, 2.24) is 4.90 Å². The quantitative estimate of drug-likeness (QED) is 0.777. The molecule has 2 aliphatic rings. The zero-order valence-electron chi connectivity index (χ0n) is 16.5. The highest BCUT2D eigenvalue weighted by Gasteiger charge is 2.44. The standard InChI is InChI=1S/C22H25NO5S/c1-13-6-7-20(29-13)21(25)23-11-15-9-18(24)19(10-16(15)12-23)28-17-5-3-4-14(8-17)22(26)27-2/h3-8,15-16,18-19,24H,9-12H2,1-2H3/t15-,16+,18+,19+/m0/s1. The second kappa shape index (κ2) is 8.16. The zero-order valence-corrected chi connectivity index (χ0v) is 17.4. The van der Waals surface area contributed by atoms with Gasteiger partial charge in [-0.05, 0) is 61.9 Å². The number of amides is 1. The van der Waals surface area contributed by atoms with Crippen molar-refractivity contribution in [3.63, 3.8) is 0 Å². The van der Waals surface area contributed by atoms with Crippen molar-refractivity contribution in [1.29, 1.82) is 0 Å². The minimum atomic E-state index is -0.600. The van der Waals surface area contributed by atoms with Crippen LogP contribution < -0.4 is 4.74 Å². The number of carbonyl (C=O) groups excluding carboxylic acids is 2. The molecule has 1 N–H and O–H groups in total. The number of hydrogen-bond acceptors (Lipinski definition) is 6. The summed E-state index contributed by atoms with van der Waals surface area (Å²) in [6.45, 7) is 3.37. The van der Waals surface area contributed by atoms with E-state index in [4.69, 9.17) is 9.47 Å². The van der Waals surface area contributed by atoms with Crippen LogP contribution in [0.1, 0.15) is 37.7 Å². The van der Waals surface area contributed by atoms with Gasteiger partial charge in [-0.25, -0.2) is 4.79 Å². The molecule has 29 heavy (non-hydrogen) atoms. The number of carbonyl (C=O) groups is 2. The number of thiophene rings is 1. The van der Waals surface area contributed by atoms with Crippen LogP contribution in [0.5, 0.6) is 5.75 Å². The van der Waals surface area contributed by atoms with E-state index in [0.29, 0.717) is 43.2 Å². The number of hydrogen-bond donors (Lipinski definition) is 1. The van der Waals surface area contributed by atoms with Crippen LogP contribution in [0.2, 0.25) is 0 Å². The first-order valence-corrected chi connectivity index (χ1v) is 10.6. The fourth-order valence-electron chi connectivity index (χ4n) is 4.38. The van der Waals surface area contributed by atoms with Gasteiger partial charge >= 0.3 is 5.97 Å². The minimum Gasteiger partial charge on any atom is -0.488 e. The van der Waals surface area contributed by atoms with Crippen molar-refractivity contribution in [3.8, 4) is 5.75 Å². The lowest BCUT2D eigenvalue weighted by molar-refractivity contribution is -0.0231. The molecule has 1 saturated heterocycles. The Kier molecular flexibility index (Phi) is 5.61. The van der Waals surface area contributed by atoms with E-state index in [1.807, 2.05) is 24.0 Å². The van der Waals surface area contributed by atoms with Crippen molar-refractivity contribution >= 4 is 23.2 Å². The highest BCUT2D eigenvalue weighted by atomic mass is 32.1. The van der Waals surface area contributed by atoms with Gasteiger partial charge in [0.05, 0.1) is 23.7 Å². The number of ether oxygens (including phenoxy) is 2. The number of fused-ring (bicyclic) bond motifs is 1. The van der Waals surface area contributed by atoms with Crippen molar-refractivity contribution in [2.24, 2.45) is 11.8 Å². The number of methoxy groups -OCH3 is 1. The molecule has 4 atom stereocenters. The van der Waals surface area contributed by atoms with Gasteiger partial charge in [0.25, 0.3) is 5.91 Å². The molecule has 1 aromatic heterocycles. The van der Waals surface area contributed by atoms with Crippen LogP contribution in [0.15, 0.2) is 36.4 Å². The maximum absolute atomic E-state index is 12.8. The van der Waals surface area contributed by atoms with Crippen LogP contribution >= 0.6 is 11.3 Å². The maximum Gasteiger partial charge on any atom is 0.337 e. The average molecular weight is 416 g/mol. The molecule has 1 aliphatic heterocycles. The number of nitrogens with zero attached hydrogens (tertiary/aromatic N) is 1. The van der Waals surface area contributed by atoms with Gasteiger partial charge in [0.15, 0.2) is 0 Å². The summed E-state index contributed by atoms with van der Waals surface area (Å²) in [6.07, 6.45) is 0.334. The molecule has 7 heteroatoms. The Hall–Kier alpha value is -2.38. The van der Waals surface area contributed by atoms with E-state index in [1.165, 1.54) is 18.4 Å². The third-order valence-corrected chi connectivity index (χ3v) is 6.85. The SMILES string of the molecule is COC(=O)c1cccc(O[C@@H]2C[C@@H]3CN(C(=O)c4ccc(C)s4)C[C@@H]3C[C@H]2O)c1. The Balaban J connectivity index is 1.42. The number of aryl methyl sites for hydroxylation is 1. The summed E-state index contributed by atoms with van der Waals surface area (Å²) in [7, 11) is 1.34. The summed E-state index contributed by atoms with van der Waals surface area (Å²) in [5.41, 5.74) is 0.414. The van der Waals surface area contributed by atoms with Gasteiger partial charge < -0.3 is 19.5 Å². The fraction of sp³-hybridized carbons (Fsp3) is 0.455. The highest BCUT2D eigenvalue weighted by Crippen LogP contribution is 2.39. The average Bonchev–Trinajstić information content (AvgIpc) is 3.33. The largest absolute Gasteiger partial charge is 0.488 e. The van der Waals surface area contributed by atoms with Gasteiger partial charge in [-0.2, -0.15) is 0 Å². The second-order valence-corrected chi connectivity index (χ2v) is 9.14. The first-order valence-electron chi connectivity index (χ1n) is 9.83. The van der Waals surface area contributed by atoms with Crippen molar-refractivity contribution in [2.45, 2.75) is 32.0 Å². The molecule has 1 aromatic carbocycles. The molecule has 2 heterocycles. The van der Waals surface area contributed by atoms with Gasteiger partial charge in [0.1, 0.15) is 11.9 Å². The summed E-state index contributed by atoms with van der Waals surface area (Å²) in [5, 5.41) is 10.6. The van der Waals surface area contributed by atoms with Crippen LogP contribution in [0.4, 0.5) is 0 Å². The van der Waals surface area contributed by atoms with Crippen LogP contribution in [-0.4, -0.2) is 54.3 Å². The lowest BCUT2D eigenvalue weighted by Crippen LogP contribution is -2.42. The van der Waals surface area contributed by atoms with Gasteiger partial charge in [-0.15, -0.1) is 11.3 Å². The lowest BCUT2D eigenvalue weighted by atomic mass is 9.78. The molecule has 6 nitrogen and oxygen atoms in total. The Morgan fingerprint density at radius 1 is 1.14 bits per heavy atom. The molecule has 2 fully saturated rings. The van der Waals surface area contributed by atoms with E-state index in [-0.39, 0.29) is 17.9 Å². The number of aliphatic hydroxyl groups is 1. The summed E-state index contributed by atoms with van der Waals surface area (Å²) in [6, 6.07) is 10.7. The molecular weight excluding hydrogens is 390 g/mol. The zero-order chi connectivity index (χ0) is 20.5. The van der Waals surface area contributed by atoms with E-state index >= 15 is 0 Å². The first kappa shape index (κ1) is 19.9. The van der Waals surface area contributed by atoms with E-state index in [0.717, 1.165) is 9.75 Å². The van der Waals surface area contributed by atoms with E-state index in [1.54, 1.807) is 24.3 Å². The molecule has 4 rings (SSSR count). The third-order valence-electron chi connectivity index (χ3n) is 5.87. The molecule has 0 radical (unpaired) electrons. The third kappa shape index (κ3) is 4.16. The smallest absolute Gasteiger partial charge is 0.337 e. The monoisotopic (exact) mass is 415 g/mol. The lowest BCUT2D eigenvalue weighted by Gasteiger charge is -2.35. The van der Waals surface area contributed by atoms with Gasteiger partial charge in [0, 0.05) is 18.0 Å². The van der Waals surface area contributed by atoms with E-state index < -0.39 is 12.1 Å².